The lowest BCUT2D eigenvalue weighted by Crippen LogP contribution is -2.74. The minimum Gasteiger partial charge on any atom is -0.505 e. The second-order valence-electron chi connectivity index (χ2n) is 14.4. The van der Waals surface area contributed by atoms with E-state index in [-0.39, 0.29) is 35.9 Å². The number of carbonyl (C=O) groups excluding carboxylic acids is 6. The van der Waals surface area contributed by atoms with Crippen LogP contribution in [0.15, 0.2) is 6.07 Å². The van der Waals surface area contributed by atoms with Gasteiger partial charge in [0.1, 0.15) is 11.8 Å². The zero-order valence-electron chi connectivity index (χ0n) is 27.3. The average molecular weight is 628 g/mol. The molecule has 1 aromatic carbocycles. The number of primary amides is 1. The molecule has 6 N–H and O–H groups in total. The average Bonchev–Trinajstić information content (AvgIpc) is 2.88. The topological polar surface area (TPSA) is 199 Å². The third-order valence-corrected chi connectivity index (χ3v) is 9.28. The number of aliphatic hydroxyl groups is 1. The number of hydrogen-bond acceptors (Lipinski definition) is 11. The molecule has 1 aromatic rings. The van der Waals surface area contributed by atoms with E-state index in [1.807, 2.05) is 34.6 Å². The standard InChI is InChI=1S/C32H45N5O8/c1-13(2)22(30(44)35-31(3,4)5)34-17-12-18(36(6)7)15-10-14-11-16-23(37(8)9)26(40)21(29(33)43)28(42)32(16,45)27(41)19(14)25(39)20(15)24(17)38/h12-14,16,19,21-23,34,38,45H,10-11H2,1-9H3,(H2,33,43)(H,35,44)/t14-,16-,19?,21?,22?,23-,32-/m0/s1. The van der Waals surface area contributed by atoms with Gasteiger partial charge in [-0.3, -0.25) is 33.7 Å². The molecule has 3 unspecified atom stereocenters. The van der Waals surface area contributed by atoms with Crippen molar-refractivity contribution in [3.8, 4) is 5.75 Å². The summed E-state index contributed by atoms with van der Waals surface area (Å²) in [6.07, 6.45) is 0.0885. The van der Waals surface area contributed by atoms with Crippen molar-refractivity contribution >= 4 is 46.3 Å². The number of ketones is 4. The highest BCUT2D eigenvalue weighted by molar-refractivity contribution is 6.32. The third kappa shape index (κ3) is 5.50. The number of likely N-dealkylation sites (N-methyl/N-ethyl adjacent to an activating group) is 1. The zero-order chi connectivity index (χ0) is 34.1. The van der Waals surface area contributed by atoms with Gasteiger partial charge in [0.2, 0.25) is 11.8 Å². The first-order valence-corrected chi connectivity index (χ1v) is 15.1. The number of amides is 2. The Labute approximate surface area is 262 Å². The van der Waals surface area contributed by atoms with Crippen molar-refractivity contribution in [1.29, 1.82) is 0 Å². The van der Waals surface area contributed by atoms with Crippen LogP contribution in [0.5, 0.6) is 5.75 Å². The summed E-state index contributed by atoms with van der Waals surface area (Å²) in [4.78, 5) is 83.9. The molecule has 2 saturated carbocycles. The molecule has 45 heavy (non-hydrogen) atoms. The van der Waals surface area contributed by atoms with E-state index in [9.17, 15) is 39.0 Å². The van der Waals surface area contributed by atoms with E-state index in [1.165, 1.54) is 19.0 Å². The van der Waals surface area contributed by atoms with Gasteiger partial charge in [0.25, 0.3) is 0 Å². The van der Waals surface area contributed by atoms with E-state index in [2.05, 4.69) is 10.6 Å². The van der Waals surface area contributed by atoms with Crippen molar-refractivity contribution in [3.63, 3.8) is 0 Å². The van der Waals surface area contributed by atoms with Crippen molar-refractivity contribution in [2.75, 3.05) is 38.4 Å². The normalized spacial score (nSPS) is 28.8. The van der Waals surface area contributed by atoms with Crippen LogP contribution < -0.4 is 21.3 Å². The number of Topliss-reactive ketones (excluding diaryl/α,β-unsaturated/α-hetero) is 4. The number of hydrogen-bond donors (Lipinski definition) is 5. The molecule has 246 valence electrons. The fourth-order valence-electron chi connectivity index (χ4n) is 7.31. The van der Waals surface area contributed by atoms with Crippen molar-refractivity contribution in [2.24, 2.45) is 35.3 Å². The molecule has 0 aliphatic heterocycles. The molecule has 0 saturated heterocycles. The minimum atomic E-state index is -2.81. The Morgan fingerprint density at radius 1 is 1.07 bits per heavy atom. The molecule has 3 aliphatic carbocycles. The third-order valence-electron chi connectivity index (χ3n) is 9.28. The van der Waals surface area contributed by atoms with Gasteiger partial charge in [-0.1, -0.05) is 13.8 Å². The molecule has 0 aromatic heterocycles. The first-order valence-electron chi connectivity index (χ1n) is 15.1. The highest BCUT2D eigenvalue weighted by Crippen LogP contribution is 2.52. The molecule has 3 aliphatic rings. The Kier molecular flexibility index (Phi) is 8.70. The molecule has 0 heterocycles. The first-order chi connectivity index (χ1) is 20.6. The maximum absolute atomic E-state index is 14.3. The van der Waals surface area contributed by atoms with E-state index in [1.54, 1.807) is 25.1 Å². The van der Waals surface area contributed by atoms with Crippen molar-refractivity contribution < 1.29 is 39.0 Å². The summed E-state index contributed by atoms with van der Waals surface area (Å²) in [7, 11) is 6.60. The molecule has 13 heteroatoms. The number of nitrogens with zero attached hydrogens (tertiary/aromatic N) is 2. The van der Waals surface area contributed by atoms with Crippen LogP contribution in [0.4, 0.5) is 11.4 Å². The van der Waals surface area contributed by atoms with Gasteiger partial charge in [-0.2, -0.15) is 0 Å². The number of benzene rings is 1. The second-order valence-corrected chi connectivity index (χ2v) is 14.4. The van der Waals surface area contributed by atoms with Crippen molar-refractivity contribution in [1.82, 2.24) is 10.2 Å². The summed E-state index contributed by atoms with van der Waals surface area (Å²) < 4.78 is 0. The Balaban J connectivity index is 1.85. The lowest BCUT2D eigenvalue weighted by atomic mass is 9.52. The van der Waals surface area contributed by atoms with Crippen LogP contribution in [0.3, 0.4) is 0 Å². The van der Waals surface area contributed by atoms with Gasteiger partial charge >= 0.3 is 0 Å². The van der Waals surface area contributed by atoms with Crippen molar-refractivity contribution in [3.05, 3.63) is 17.2 Å². The van der Waals surface area contributed by atoms with Gasteiger partial charge < -0.3 is 31.5 Å². The van der Waals surface area contributed by atoms with Crippen LogP contribution >= 0.6 is 0 Å². The van der Waals surface area contributed by atoms with Crippen molar-refractivity contribution in [2.45, 2.75) is 70.7 Å². The van der Waals surface area contributed by atoms with Crippen LogP contribution in [0.25, 0.3) is 0 Å². The number of carbonyl (C=O) groups is 6. The van der Waals surface area contributed by atoms with E-state index in [0.29, 0.717) is 11.3 Å². The quantitative estimate of drug-likeness (QED) is 0.206. The Morgan fingerprint density at radius 3 is 2.16 bits per heavy atom. The molecule has 13 nitrogen and oxygen atoms in total. The molecule has 0 spiro atoms. The van der Waals surface area contributed by atoms with Crippen LogP contribution in [0.2, 0.25) is 0 Å². The lowest BCUT2D eigenvalue weighted by Gasteiger charge is -2.52. The summed E-state index contributed by atoms with van der Waals surface area (Å²) >= 11 is 0. The maximum Gasteiger partial charge on any atom is 0.243 e. The SMILES string of the molecule is CC(C)C(Nc1cc(N(C)C)c2c(c1O)C(=O)C1C(=O)[C@]3(O)C(=O)C(C(N)=O)C(=O)[C@@H](N(C)C)[C@@H]3C[C@@H]1C2)C(=O)NC(C)(C)C. The molecular weight excluding hydrogens is 582 g/mol. The summed E-state index contributed by atoms with van der Waals surface area (Å²) in [6.45, 7) is 9.20. The fraction of sp³-hybridized carbons (Fsp3) is 0.625. The number of rotatable bonds is 7. The monoisotopic (exact) mass is 627 g/mol. The van der Waals surface area contributed by atoms with Gasteiger partial charge in [-0.25, -0.2) is 0 Å². The van der Waals surface area contributed by atoms with Gasteiger partial charge in [0.15, 0.2) is 34.7 Å². The summed E-state index contributed by atoms with van der Waals surface area (Å²) in [5, 5.41) is 29.4. The van der Waals surface area contributed by atoms with Gasteiger partial charge in [-0.05, 0) is 71.2 Å². The Hall–Kier alpha value is -3.84. The Bertz CT molecular complexity index is 1480. The molecule has 0 bridgehead atoms. The summed E-state index contributed by atoms with van der Waals surface area (Å²) in [5.41, 5.74) is 3.06. The number of fused-ring (bicyclic) bond motifs is 3. The van der Waals surface area contributed by atoms with E-state index in [4.69, 9.17) is 5.73 Å². The minimum absolute atomic E-state index is 0.0417. The highest BCUT2D eigenvalue weighted by Gasteiger charge is 2.69. The number of phenolic OH excluding ortho intramolecular Hbond substituents is 1. The Morgan fingerprint density at radius 2 is 1.67 bits per heavy atom. The molecule has 2 fully saturated rings. The largest absolute Gasteiger partial charge is 0.505 e. The molecule has 0 radical (unpaired) electrons. The summed E-state index contributed by atoms with van der Waals surface area (Å²) in [5.74, 6) is -11.7. The number of anilines is 2. The second kappa shape index (κ2) is 11.5. The van der Waals surface area contributed by atoms with E-state index < -0.39 is 81.7 Å². The van der Waals surface area contributed by atoms with Crippen LogP contribution in [-0.2, 0) is 30.4 Å². The molecule has 4 rings (SSSR count). The van der Waals surface area contributed by atoms with Gasteiger partial charge in [-0.15, -0.1) is 0 Å². The number of phenols is 1. The molecule has 7 atom stereocenters. The van der Waals surface area contributed by atoms with Crippen LogP contribution in [0, 0.1) is 29.6 Å². The number of aromatic hydroxyl groups is 1. The van der Waals surface area contributed by atoms with Crippen LogP contribution in [0.1, 0.15) is 57.0 Å². The fourth-order valence-corrected chi connectivity index (χ4v) is 7.31. The van der Waals surface area contributed by atoms with E-state index >= 15 is 0 Å². The van der Waals surface area contributed by atoms with Crippen LogP contribution in [-0.4, -0.2) is 101 Å². The highest BCUT2D eigenvalue weighted by atomic mass is 16.3. The lowest BCUT2D eigenvalue weighted by molar-refractivity contribution is -0.181. The predicted molar refractivity (Wildman–Crippen MR) is 166 cm³/mol. The molecular formula is C32H45N5O8. The van der Waals surface area contributed by atoms with E-state index in [0.717, 1.165) is 0 Å². The smallest absolute Gasteiger partial charge is 0.243 e. The van der Waals surface area contributed by atoms with Gasteiger partial charge in [0, 0.05) is 31.2 Å². The summed E-state index contributed by atoms with van der Waals surface area (Å²) in [6, 6.07) is -0.318. The predicted octanol–water partition coefficient (Wildman–Crippen LogP) is 0.284. The first kappa shape index (κ1) is 34.0. The van der Waals surface area contributed by atoms with Gasteiger partial charge in [0.05, 0.1) is 23.2 Å². The maximum atomic E-state index is 14.3. The number of nitrogens with one attached hydrogen (secondary N) is 2. The molecule has 2 amide bonds. The zero-order valence-corrected chi connectivity index (χ0v) is 27.3. The number of nitrogens with two attached hydrogens (primary N) is 1.